The van der Waals surface area contributed by atoms with Gasteiger partial charge in [0.25, 0.3) is 0 Å². The van der Waals surface area contributed by atoms with Crippen LogP contribution in [0.25, 0.3) is 10.9 Å². The quantitative estimate of drug-likeness (QED) is 0.727. The first-order chi connectivity index (χ1) is 9.15. The molecule has 0 amide bonds. The van der Waals surface area contributed by atoms with E-state index in [4.69, 9.17) is 5.73 Å². The highest BCUT2D eigenvalue weighted by atomic mass is 32.2. The normalized spacial score (nSPS) is 11.1. The molecule has 3 rings (SSSR count). The van der Waals surface area contributed by atoms with Crippen LogP contribution in [0.4, 0.5) is 5.69 Å². The van der Waals surface area contributed by atoms with Crippen LogP contribution in [0.15, 0.2) is 46.5 Å². The van der Waals surface area contributed by atoms with Crippen molar-refractivity contribution in [3.05, 3.63) is 42.2 Å². The number of pyridine rings is 1. The number of rotatable bonds is 2. The minimum Gasteiger partial charge on any atom is -0.397 e. The van der Waals surface area contributed by atoms with Gasteiger partial charge in [-0.1, -0.05) is 11.8 Å². The van der Waals surface area contributed by atoms with Crippen LogP contribution >= 0.6 is 11.8 Å². The van der Waals surface area contributed by atoms with Gasteiger partial charge in [0.05, 0.1) is 21.9 Å². The van der Waals surface area contributed by atoms with E-state index < -0.39 is 0 Å². The Morgan fingerprint density at radius 1 is 1.26 bits per heavy atom. The lowest BCUT2D eigenvalue weighted by Crippen LogP contribution is -1.95. The van der Waals surface area contributed by atoms with Crippen LogP contribution in [0, 0.1) is 6.92 Å². The Morgan fingerprint density at radius 2 is 2.11 bits per heavy atom. The molecule has 19 heavy (non-hydrogen) atoms. The fourth-order valence-corrected chi connectivity index (χ4v) is 3.02. The monoisotopic (exact) mass is 270 g/mol. The van der Waals surface area contributed by atoms with Gasteiger partial charge in [-0.05, 0) is 37.3 Å². The van der Waals surface area contributed by atoms with Crippen molar-refractivity contribution in [2.45, 2.75) is 16.8 Å². The molecule has 0 aliphatic heterocycles. The lowest BCUT2D eigenvalue weighted by Gasteiger charge is -2.08. The summed E-state index contributed by atoms with van der Waals surface area (Å²) in [4.78, 5) is 5.34. The van der Waals surface area contributed by atoms with E-state index in [1.165, 1.54) is 0 Å². The summed E-state index contributed by atoms with van der Waals surface area (Å²) in [6, 6.07) is 9.96. The topological polar surface area (TPSA) is 56.7 Å². The lowest BCUT2D eigenvalue weighted by atomic mass is 10.2. The Balaban J connectivity index is 2.06. The molecular formula is C14H14N4S. The molecule has 0 radical (unpaired) electrons. The number of hydrogen-bond donors (Lipinski definition) is 1. The predicted octanol–water partition coefficient (Wildman–Crippen LogP) is 3.01. The Labute approximate surface area is 115 Å². The van der Waals surface area contributed by atoms with Crippen LogP contribution in [0.2, 0.25) is 0 Å². The number of nitrogen functional groups attached to an aromatic ring is 1. The van der Waals surface area contributed by atoms with Crippen LogP contribution in [0.5, 0.6) is 0 Å². The van der Waals surface area contributed by atoms with Gasteiger partial charge < -0.3 is 5.73 Å². The predicted molar refractivity (Wildman–Crippen MR) is 78.2 cm³/mol. The second-order valence-electron chi connectivity index (χ2n) is 4.40. The molecule has 0 aliphatic rings. The highest BCUT2D eigenvalue weighted by molar-refractivity contribution is 7.99. The van der Waals surface area contributed by atoms with E-state index in [0.29, 0.717) is 0 Å². The molecule has 5 heteroatoms. The van der Waals surface area contributed by atoms with Crippen LogP contribution in [-0.2, 0) is 7.05 Å². The van der Waals surface area contributed by atoms with Crippen molar-refractivity contribution in [2.75, 3.05) is 5.73 Å². The molecule has 0 bridgehead atoms. The molecule has 2 heterocycles. The molecule has 0 saturated heterocycles. The summed E-state index contributed by atoms with van der Waals surface area (Å²) in [7, 11) is 1.94. The number of benzene rings is 1. The Kier molecular flexibility index (Phi) is 2.91. The Bertz CT molecular complexity index is 748. The number of hydrogen-bond acceptors (Lipinski definition) is 4. The zero-order chi connectivity index (χ0) is 13.4. The van der Waals surface area contributed by atoms with Crippen LogP contribution < -0.4 is 5.73 Å². The molecule has 2 aromatic heterocycles. The molecule has 0 saturated carbocycles. The Morgan fingerprint density at radius 3 is 2.84 bits per heavy atom. The summed E-state index contributed by atoms with van der Waals surface area (Å²) in [5, 5.41) is 6.41. The van der Waals surface area contributed by atoms with Gasteiger partial charge in [0.15, 0.2) is 0 Å². The van der Waals surface area contributed by atoms with Crippen molar-refractivity contribution in [3.8, 4) is 0 Å². The van der Waals surface area contributed by atoms with Crippen molar-refractivity contribution in [1.29, 1.82) is 0 Å². The zero-order valence-corrected chi connectivity index (χ0v) is 11.6. The van der Waals surface area contributed by atoms with Gasteiger partial charge in [0, 0.05) is 23.5 Å². The average Bonchev–Trinajstić information content (AvgIpc) is 2.72. The summed E-state index contributed by atoms with van der Waals surface area (Å²) in [6.45, 7) is 1.98. The summed E-state index contributed by atoms with van der Waals surface area (Å²) < 4.78 is 1.87. The molecule has 0 aliphatic carbocycles. The van der Waals surface area contributed by atoms with Crippen molar-refractivity contribution >= 4 is 28.4 Å². The third-order valence-corrected chi connectivity index (χ3v) is 4.13. The molecule has 1 aromatic carbocycles. The zero-order valence-electron chi connectivity index (χ0n) is 10.8. The lowest BCUT2D eigenvalue weighted by molar-refractivity contribution is 0.692. The largest absolute Gasteiger partial charge is 0.397 e. The fraction of sp³-hybridized carbons (Fsp3) is 0.143. The van der Waals surface area contributed by atoms with Crippen molar-refractivity contribution in [1.82, 2.24) is 14.8 Å². The fourth-order valence-electron chi connectivity index (χ4n) is 2.04. The minimum absolute atomic E-state index is 0.773. The van der Waals surface area contributed by atoms with Crippen LogP contribution in [0.3, 0.4) is 0 Å². The molecule has 2 N–H and O–H groups in total. The molecular weight excluding hydrogens is 256 g/mol. The van der Waals surface area contributed by atoms with E-state index in [-0.39, 0.29) is 0 Å². The summed E-state index contributed by atoms with van der Waals surface area (Å²) in [5.41, 5.74) is 8.93. The van der Waals surface area contributed by atoms with Gasteiger partial charge in [-0.3, -0.25) is 9.67 Å². The van der Waals surface area contributed by atoms with Crippen molar-refractivity contribution in [2.24, 2.45) is 7.05 Å². The van der Waals surface area contributed by atoms with Crippen molar-refractivity contribution in [3.63, 3.8) is 0 Å². The third-order valence-electron chi connectivity index (χ3n) is 2.96. The number of anilines is 1. The van der Waals surface area contributed by atoms with E-state index in [9.17, 15) is 0 Å². The number of nitrogens with zero attached hydrogens (tertiary/aromatic N) is 3. The maximum atomic E-state index is 6.23. The second-order valence-corrected chi connectivity index (χ2v) is 5.46. The molecule has 0 fully saturated rings. The first kappa shape index (κ1) is 12.0. The molecule has 96 valence electrons. The minimum atomic E-state index is 0.773. The van der Waals surface area contributed by atoms with E-state index in [1.807, 2.05) is 42.9 Å². The number of nitrogens with two attached hydrogens (primary N) is 1. The highest BCUT2D eigenvalue weighted by Gasteiger charge is 2.09. The second kappa shape index (κ2) is 4.59. The first-order valence-electron chi connectivity index (χ1n) is 5.97. The van der Waals surface area contributed by atoms with E-state index in [2.05, 4.69) is 16.1 Å². The average molecular weight is 270 g/mol. The number of fused-ring (bicyclic) bond motifs is 1. The van der Waals surface area contributed by atoms with Gasteiger partial charge in [0.2, 0.25) is 0 Å². The maximum Gasteiger partial charge on any atom is 0.0987 e. The number of aryl methyl sites for hydroxylation is 2. The van der Waals surface area contributed by atoms with Gasteiger partial charge in [0.1, 0.15) is 0 Å². The van der Waals surface area contributed by atoms with Crippen molar-refractivity contribution < 1.29 is 0 Å². The summed E-state index contributed by atoms with van der Waals surface area (Å²) >= 11 is 1.62. The van der Waals surface area contributed by atoms with E-state index in [1.54, 1.807) is 18.0 Å². The molecule has 3 aromatic rings. The summed E-state index contributed by atoms with van der Waals surface area (Å²) in [6.07, 6.45) is 1.78. The summed E-state index contributed by atoms with van der Waals surface area (Å²) in [5.74, 6) is 0. The smallest absolute Gasteiger partial charge is 0.0987 e. The van der Waals surface area contributed by atoms with Gasteiger partial charge >= 0.3 is 0 Å². The molecule has 0 atom stereocenters. The van der Waals surface area contributed by atoms with Gasteiger partial charge in [-0.2, -0.15) is 5.10 Å². The van der Waals surface area contributed by atoms with E-state index in [0.717, 1.165) is 32.2 Å². The molecule has 4 nitrogen and oxygen atoms in total. The molecule has 0 spiro atoms. The van der Waals surface area contributed by atoms with Gasteiger partial charge in [-0.25, -0.2) is 0 Å². The standard InChI is InChI=1S/C14H14N4S/c1-9-8-13(18(2)17-9)19-12-6-5-11-10(14(12)15)4-3-7-16-11/h3-8H,15H2,1-2H3. The van der Waals surface area contributed by atoms with Crippen LogP contribution in [0.1, 0.15) is 5.69 Å². The highest BCUT2D eigenvalue weighted by Crippen LogP contribution is 2.35. The third kappa shape index (κ3) is 2.17. The SMILES string of the molecule is Cc1cc(Sc2ccc3ncccc3c2N)n(C)n1. The number of aromatic nitrogens is 3. The van der Waals surface area contributed by atoms with Gasteiger partial charge in [-0.15, -0.1) is 0 Å². The van der Waals surface area contributed by atoms with Crippen LogP contribution in [-0.4, -0.2) is 14.8 Å². The molecule has 0 unspecified atom stereocenters. The maximum absolute atomic E-state index is 6.23. The first-order valence-corrected chi connectivity index (χ1v) is 6.78. The Hall–Kier alpha value is -2.01. The van der Waals surface area contributed by atoms with E-state index >= 15 is 0 Å².